The zero-order valence-corrected chi connectivity index (χ0v) is 11.5. The van der Waals surface area contributed by atoms with Gasteiger partial charge in [0.25, 0.3) is 5.69 Å². The number of nitrogens with zero attached hydrogens (tertiary/aromatic N) is 2. The summed E-state index contributed by atoms with van der Waals surface area (Å²) in [5, 5.41) is 11.1. The molecule has 17 heavy (non-hydrogen) atoms. The predicted octanol–water partition coefficient (Wildman–Crippen LogP) is 4.00. The predicted molar refractivity (Wildman–Crippen MR) is 71.9 cm³/mol. The Labute approximate surface area is 113 Å². The van der Waals surface area contributed by atoms with Crippen LogP contribution in [0.5, 0.6) is 0 Å². The molecule has 1 aromatic rings. The Morgan fingerprint density at radius 1 is 1.29 bits per heavy atom. The van der Waals surface area contributed by atoms with E-state index in [1.54, 1.807) is 0 Å². The van der Waals surface area contributed by atoms with Crippen molar-refractivity contribution in [3.05, 3.63) is 31.7 Å². The largest absolute Gasteiger partial charge is 0.369 e. The Balaban J connectivity index is 2.37. The zero-order valence-electron chi connectivity index (χ0n) is 9.16. The minimum atomic E-state index is -0.434. The van der Waals surface area contributed by atoms with E-state index in [4.69, 9.17) is 11.6 Å². The van der Waals surface area contributed by atoms with E-state index in [9.17, 15) is 10.1 Å². The molecule has 1 aliphatic rings. The lowest BCUT2D eigenvalue weighted by Gasteiger charge is -2.30. The van der Waals surface area contributed by atoms with Gasteiger partial charge in [0.2, 0.25) is 0 Å². The molecule has 6 heteroatoms. The van der Waals surface area contributed by atoms with Crippen LogP contribution in [-0.4, -0.2) is 18.0 Å². The quantitative estimate of drug-likeness (QED) is 0.611. The highest BCUT2D eigenvalue weighted by atomic mass is 79.9. The molecule has 0 atom stereocenters. The monoisotopic (exact) mass is 318 g/mol. The Kier molecular flexibility index (Phi) is 3.89. The molecule has 1 heterocycles. The first-order valence-corrected chi connectivity index (χ1v) is 6.65. The van der Waals surface area contributed by atoms with Gasteiger partial charge in [0.05, 0.1) is 15.6 Å². The van der Waals surface area contributed by atoms with Gasteiger partial charge < -0.3 is 4.90 Å². The highest BCUT2D eigenvalue weighted by Crippen LogP contribution is 2.38. The van der Waals surface area contributed by atoms with Gasteiger partial charge in [-0.05, 0) is 35.2 Å². The Morgan fingerprint density at radius 3 is 2.47 bits per heavy atom. The summed E-state index contributed by atoms with van der Waals surface area (Å²) in [4.78, 5) is 12.5. The maximum absolute atomic E-state index is 10.7. The summed E-state index contributed by atoms with van der Waals surface area (Å²) in [7, 11) is 0. The number of hydrogen-bond acceptors (Lipinski definition) is 3. The minimum Gasteiger partial charge on any atom is -0.369 e. The lowest BCUT2D eigenvalue weighted by atomic mass is 10.1. The highest BCUT2D eigenvalue weighted by Gasteiger charge is 2.20. The Hall–Kier alpha value is -0.810. The van der Waals surface area contributed by atoms with E-state index in [-0.39, 0.29) is 5.69 Å². The van der Waals surface area contributed by atoms with Crippen molar-refractivity contribution in [2.24, 2.45) is 0 Å². The van der Waals surface area contributed by atoms with Crippen LogP contribution in [0.3, 0.4) is 0 Å². The molecule has 1 aromatic carbocycles. The number of anilines is 1. The first kappa shape index (κ1) is 12.6. The molecular formula is C11H12BrClN2O2. The summed E-state index contributed by atoms with van der Waals surface area (Å²) in [5.41, 5.74) is 0.889. The summed E-state index contributed by atoms with van der Waals surface area (Å²) in [6.07, 6.45) is 3.51. The van der Waals surface area contributed by atoms with Crippen molar-refractivity contribution in [1.82, 2.24) is 0 Å². The SMILES string of the molecule is O=[N+]([O-])c1cc(Cl)c(N2CCCCC2)c(Br)c1. The van der Waals surface area contributed by atoms with Crippen LogP contribution in [0.1, 0.15) is 19.3 Å². The Bertz CT molecular complexity index is 424. The number of halogens is 2. The molecule has 0 radical (unpaired) electrons. The van der Waals surface area contributed by atoms with Gasteiger partial charge in [-0.3, -0.25) is 10.1 Å². The maximum Gasteiger partial charge on any atom is 0.272 e. The normalized spacial score (nSPS) is 16.0. The smallest absolute Gasteiger partial charge is 0.272 e. The van der Waals surface area contributed by atoms with Gasteiger partial charge in [0, 0.05) is 29.7 Å². The molecule has 0 aliphatic carbocycles. The van der Waals surface area contributed by atoms with Crippen LogP contribution < -0.4 is 4.90 Å². The summed E-state index contributed by atoms with van der Waals surface area (Å²) in [5.74, 6) is 0. The van der Waals surface area contributed by atoms with Crippen molar-refractivity contribution < 1.29 is 4.92 Å². The first-order chi connectivity index (χ1) is 8.09. The van der Waals surface area contributed by atoms with E-state index in [2.05, 4.69) is 20.8 Å². The average molecular weight is 320 g/mol. The van der Waals surface area contributed by atoms with Crippen molar-refractivity contribution >= 4 is 38.9 Å². The van der Waals surface area contributed by atoms with E-state index in [0.29, 0.717) is 9.50 Å². The topological polar surface area (TPSA) is 46.4 Å². The molecule has 0 N–H and O–H groups in total. The molecule has 0 bridgehead atoms. The van der Waals surface area contributed by atoms with Crippen LogP contribution in [0.2, 0.25) is 5.02 Å². The second kappa shape index (κ2) is 5.23. The number of nitro benzene ring substituents is 1. The van der Waals surface area contributed by atoms with Crippen molar-refractivity contribution in [2.45, 2.75) is 19.3 Å². The average Bonchev–Trinajstić information content (AvgIpc) is 2.29. The molecule has 0 spiro atoms. The first-order valence-electron chi connectivity index (χ1n) is 5.48. The molecule has 92 valence electrons. The summed E-state index contributed by atoms with van der Waals surface area (Å²) in [6, 6.07) is 2.92. The second-order valence-electron chi connectivity index (χ2n) is 4.06. The molecule has 4 nitrogen and oxygen atoms in total. The molecule has 0 aromatic heterocycles. The number of benzene rings is 1. The summed E-state index contributed by atoms with van der Waals surface area (Å²) in [6.45, 7) is 1.91. The second-order valence-corrected chi connectivity index (χ2v) is 5.32. The van der Waals surface area contributed by atoms with E-state index in [1.165, 1.54) is 18.6 Å². The third kappa shape index (κ3) is 2.72. The number of non-ortho nitro benzene ring substituents is 1. The van der Waals surface area contributed by atoms with Crippen LogP contribution in [0.15, 0.2) is 16.6 Å². The van der Waals surface area contributed by atoms with Crippen LogP contribution in [0.4, 0.5) is 11.4 Å². The maximum atomic E-state index is 10.7. The van der Waals surface area contributed by atoms with E-state index in [1.807, 2.05) is 0 Å². The van der Waals surface area contributed by atoms with Gasteiger partial charge in [-0.15, -0.1) is 0 Å². The molecule has 1 aliphatic heterocycles. The highest BCUT2D eigenvalue weighted by molar-refractivity contribution is 9.10. The molecule has 0 saturated carbocycles. The minimum absolute atomic E-state index is 0.0163. The third-order valence-electron chi connectivity index (χ3n) is 2.88. The van der Waals surface area contributed by atoms with E-state index >= 15 is 0 Å². The zero-order chi connectivity index (χ0) is 12.4. The van der Waals surface area contributed by atoms with Crippen molar-refractivity contribution in [1.29, 1.82) is 0 Å². The van der Waals surface area contributed by atoms with Crippen molar-refractivity contribution in [3.63, 3.8) is 0 Å². The van der Waals surface area contributed by atoms with Gasteiger partial charge in [0.15, 0.2) is 0 Å². The van der Waals surface area contributed by atoms with Gasteiger partial charge in [-0.2, -0.15) is 0 Å². The fraction of sp³-hybridized carbons (Fsp3) is 0.455. The summed E-state index contributed by atoms with van der Waals surface area (Å²) < 4.78 is 0.693. The fourth-order valence-corrected chi connectivity index (χ4v) is 3.22. The molecular weight excluding hydrogens is 307 g/mol. The fourth-order valence-electron chi connectivity index (χ4n) is 2.08. The standard InChI is InChI=1S/C11H12BrClN2O2/c12-9-6-8(15(16)17)7-10(13)11(9)14-4-2-1-3-5-14/h6-7H,1-5H2. The number of hydrogen-bond donors (Lipinski definition) is 0. The van der Waals surface area contributed by atoms with Crippen molar-refractivity contribution in [3.8, 4) is 0 Å². The third-order valence-corrected chi connectivity index (χ3v) is 3.78. The number of rotatable bonds is 2. The number of nitro groups is 1. The molecule has 1 fully saturated rings. The van der Waals surface area contributed by atoms with Crippen LogP contribution >= 0.6 is 27.5 Å². The molecule has 1 saturated heterocycles. The lowest BCUT2D eigenvalue weighted by molar-refractivity contribution is -0.384. The van der Waals surface area contributed by atoms with E-state index < -0.39 is 4.92 Å². The van der Waals surface area contributed by atoms with Crippen molar-refractivity contribution in [2.75, 3.05) is 18.0 Å². The van der Waals surface area contributed by atoms with Gasteiger partial charge in [-0.1, -0.05) is 11.6 Å². The lowest BCUT2D eigenvalue weighted by Crippen LogP contribution is -2.29. The Morgan fingerprint density at radius 2 is 1.94 bits per heavy atom. The van der Waals surface area contributed by atoms with E-state index in [0.717, 1.165) is 31.6 Å². The summed E-state index contributed by atoms with van der Waals surface area (Å²) >= 11 is 9.51. The van der Waals surface area contributed by atoms with Gasteiger partial charge in [0.1, 0.15) is 0 Å². The number of piperidine rings is 1. The molecule has 0 amide bonds. The van der Waals surface area contributed by atoms with Crippen LogP contribution in [0.25, 0.3) is 0 Å². The molecule has 2 rings (SSSR count). The van der Waals surface area contributed by atoms with Gasteiger partial charge in [-0.25, -0.2) is 0 Å². The van der Waals surface area contributed by atoms with Gasteiger partial charge >= 0.3 is 0 Å². The van der Waals surface area contributed by atoms with Crippen LogP contribution in [0, 0.1) is 10.1 Å². The molecule has 0 unspecified atom stereocenters. The van der Waals surface area contributed by atoms with Crippen LogP contribution in [-0.2, 0) is 0 Å².